The lowest BCUT2D eigenvalue weighted by Crippen LogP contribution is -2.08. The molecule has 1 aliphatic carbocycles. The third kappa shape index (κ3) is 2.41. The van der Waals surface area contributed by atoms with Crippen molar-refractivity contribution in [1.82, 2.24) is 0 Å². The van der Waals surface area contributed by atoms with Crippen LogP contribution in [-0.4, -0.2) is 11.9 Å². The molecule has 0 radical (unpaired) electrons. The van der Waals surface area contributed by atoms with Gasteiger partial charge in [-0.15, -0.1) is 0 Å². The molecular weight excluding hydrogens is 308 g/mol. The van der Waals surface area contributed by atoms with E-state index < -0.39 is 0 Å². The van der Waals surface area contributed by atoms with E-state index in [-0.39, 0.29) is 18.0 Å². The Morgan fingerprint density at radius 3 is 2.52 bits per heavy atom. The highest BCUT2D eigenvalue weighted by Gasteiger charge is 2.46. The predicted octanol–water partition coefficient (Wildman–Crippen LogP) is 4.89. The highest BCUT2D eigenvalue weighted by atomic mass is 16.6. The lowest BCUT2D eigenvalue weighted by atomic mass is 9.98. The summed E-state index contributed by atoms with van der Waals surface area (Å²) in [6.45, 7) is 2.06. The minimum Gasteiger partial charge on any atom is -0.356 e. The normalized spacial score (nSPS) is 20.0. The van der Waals surface area contributed by atoms with Gasteiger partial charge in [-0.1, -0.05) is 66.2 Å². The van der Waals surface area contributed by atoms with E-state index in [4.69, 9.17) is 4.74 Å². The number of ether oxygens (including phenoxy) is 1. The molecule has 2 nitrogen and oxygen atoms in total. The van der Waals surface area contributed by atoms with Gasteiger partial charge in [0.05, 0.1) is 0 Å². The van der Waals surface area contributed by atoms with Gasteiger partial charge in [-0.25, -0.2) is 0 Å². The molecule has 0 N–H and O–H groups in total. The number of carbonyl (C=O) groups excluding carboxylic acids is 1. The first-order chi connectivity index (χ1) is 12.2. The van der Waals surface area contributed by atoms with Crippen LogP contribution in [0.15, 0.2) is 66.7 Å². The van der Waals surface area contributed by atoms with Crippen LogP contribution in [0.5, 0.6) is 0 Å². The van der Waals surface area contributed by atoms with Crippen molar-refractivity contribution >= 4 is 5.78 Å². The monoisotopic (exact) mass is 326 g/mol. The quantitative estimate of drug-likeness (QED) is 0.396. The molecule has 0 bridgehead atoms. The summed E-state index contributed by atoms with van der Waals surface area (Å²) < 4.78 is 5.69. The number of aryl methyl sites for hydroxylation is 1. The molecular formula is C23H18O2. The summed E-state index contributed by atoms with van der Waals surface area (Å²) in [6.07, 6.45) is 0.461. The van der Waals surface area contributed by atoms with Gasteiger partial charge in [0, 0.05) is 5.56 Å². The fourth-order valence-electron chi connectivity index (χ4n) is 3.78. The van der Waals surface area contributed by atoms with Crippen molar-refractivity contribution in [1.29, 1.82) is 0 Å². The lowest BCUT2D eigenvalue weighted by Gasteiger charge is -2.04. The molecule has 1 saturated heterocycles. The molecule has 25 heavy (non-hydrogen) atoms. The standard InChI is InChI=1S/C23H18O2/c1-14-6-8-15(9-7-14)22-23(25-22)21(24)17-10-11-20-18(13-17)12-16-4-2-3-5-19(16)20/h2-11,13,22-23H,12H2,1H3/t22-,23+/m1/s1. The summed E-state index contributed by atoms with van der Waals surface area (Å²) in [5, 5.41) is 0. The second-order valence-corrected chi connectivity index (χ2v) is 6.96. The van der Waals surface area contributed by atoms with Gasteiger partial charge in [0.25, 0.3) is 0 Å². The second kappa shape index (κ2) is 5.40. The number of fused-ring (bicyclic) bond motifs is 3. The summed E-state index contributed by atoms with van der Waals surface area (Å²) in [7, 11) is 0. The van der Waals surface area contributed by atoms with Crippen molar-refractivity contribution in [3.05, 3.63) is 94.5 Å². The third-order valence-electron chi connectivity index (χ3n) is 5.23. The minimum atomic E-state index is -0.343. The van der Waals surface area contributed by atoms with Gasteiger partial charge in [-0.2, -0.15) is 0 Å². The van der Waals surface area contributed by atoms with Crippen molar-refractivity contribution in [2.75, 3.05) is 0 Å². The molecule has 0 spiro atoms. The average Bonchev–Trinajstić information content (AvgIpc) is 3.35. The molecule has 1 aliphatic heterocycles. The van der Waals surface area contributed by atoms with Gasteiger partial charge in [-0.3, -0.25) is 4.79 Å². The zero-order valence-corrected chi connectivity index (χ0v) is 14.0. The van der Waals surface area contributed by atoms with Gasteiger partial charge in [-0.05, 0) is 47.2 Å². The minimum absolute atomic E-state index is 0.0873. The first kappa shape index (κ1) is 14.6. The molecule has 1 heterocycles. The third-order valence-corrected chi connectivity index (χ3v) is 5.23. The first-order valence-electron chi connectivity index (χ1n) is 8.68. The van der Waals surface area contributed by atoms with Crippen molar-refractivity contribution in [2.24, 2.45) is 0 Å². The van der Waals surface area contributed by atoms with E-state index in [1.54, 1.807) is 0 Å². The SMILES string of the molecule is Cc1ccc([C@H]2O[C@H]2C(=O)c2ccc3c(c2)Cc2ccccc2-3)cc1. The fourth-order valence-corrected chi connectivity index (χ4v) is 3.78. The molecule has 0 amide bonds. The molecule has 2 atom stereocenters. The highest BCUT2D eigenvalue weighted by molar-refractivity contribution is 6.02. The first-order valence-corrected chi connectivity index (χ1v) is 8.68. The smallest absolute Gasteiger partial charge is 0.194 e. The number of rotatable bonds is 3. The van der Waals surface area contributed by atoms with Crippen LogP contribution < -0.4 is 0 Å². The Balaban J connectivity index is 1.39. The summed E-state index contributed by atoms with van der Waals surface area (Å²) in [6, 6.07) is 22.7. The van der Waals surface area contributed by atoms with Crippen molar-refractivity contribution in [3.8, 4) is 11.1 Å². The predicted molar refractivity (Wildman–Crippen MR) is 97.8 cm³/mol. The molecule has 1 fully saturated rings. The van der Waals surface area contributed by atoms with Gasteiger partial charge < -0.3 is 4.74 Å². The summed E-state index contributed by atoms with van der Waals surface area (Å²) in [5.74, 6) is 0.0873. The maximum atomic E-state index is 12.8. The highest BCUT2D eigenvalue weighted by Crippen LogP contribution is 2.42. The van der Waals surface area contributed by atoms with Crippen LogP contribution in [0.4, 0.5) is 0 Å². The van der Waals surface area contributed by atoms with Crippen LogP contribution in [0, 0.1) is 6.92 Å². The van der Waals surface area contributed by atoms with E-state index in [1.807, 2.05) is 24.3 Å². The largest absolute Gasteiger partial charge is 0.356 e. The Kier molecular flexibility index (Phi) is 3.16. The molecule has 5 rings (SSSR count). The second-order valence-electron chi connectivity index (χ2n) is 6.96. The molecule has 2 aliphatic rings. The van der Waals surface area contributed by atoms with E-state index in [9.17, 15) is 4.79 Å². The Bertz CT molecular complexity index is 985. The van der Waals surface area contributed by atoms with Crippen LogP contribution in [-0.2, 0) is 11.2 Å². The Morgan fingerprint density at radius 1 is 0.920 bits per heavy atom. The van der Waals surface area contributed by atoms with E-state index in [1.165, 1.54) is 27.8 Å². The Hall–Kier alpha value is -2.71. The molecule has 0 aromatic heterocycles. The molecule has 0 unspecified atom stereocenters. The zero-order chi connectivity index (χ0) is 17.0. The molecule has 2 heteroatoms. The van der Waals surface area contributed by atoms with Crippen molar-refractivity contribution < 1.29 is 9.53 Å². The number of epoxide rings is 1. The van der Waals surface area contributed by atoms with E-state index in [0.717, 1.165) is 17.5 Å². The zero-order valence-electron chi connectivity index (χ0n) is 14.0. The number of hydrogen-bond donors (Lipinski definition) is 0. The topological polar surface area (TPSA) is 29.6 Å². The number of hydrogen-bond acceptors (Lipinski definition) is 2. The van der Waals surface area contributed by atoms with Gasteiger partial charge in [0.15, 0.2) is 11.9 Å². The van der Waals surface area contributed by atoms with E-state index >= 15 is 0 Å². The van der Waals surface area contributed by atoms with Crippen molar-refractivity contribution in [3.63, 3.8) is 0 Å². The van der Waals surface area contributed by atoms with E-state index in [2.05, 4.69) is 49.4 Å². The number of ketones is 1. The van der Waals surface area contributed by atoms with Crippen LogP contribution in [0.25, 0.3) is 11.1 Å². The number of benzene rings is 3. The van der Waals surface area contributed by atoms with Crippen LogP contribution in [0.2, 0.25) is 0 Å². The van der Waals surface area contributed by atoms with Crippen molar-refractivity contribution in [2.45, 2.75) is 25.6 Å². The average molecular weight is 326 g/mol. The Morgan fingerprint density at radius 2 is 1.68 bits per heavy atom. The van der Waals surface area contributed by atoms with Crippen LogP contribution in [0.3, 0.4) is 0 Å². The summed E-state index contributed by atoms with van der Waals surface area (Å²) in [5.41, 5.74) is 8.16. The van der Waals surface area contributed by atoms with Crippen LogP contribution >= 0.6 is 0 Å². The van der Waals surface area contributed by atoms with Gasteiger partial charge >= 0.3 is 0 Å². The summed E-state index contributed by atoms with van der Waals surface area (Å²) >= 11 is 0. The molecule has 0 saturated carbocycles. The molecule has 3 aromatic carbocycles. The number of carbonyl (C=O) groups is 1. The fraction of sp³-hybridized carbons (Fsp3) is 0.174. The number of Topliss-reactive ketones (excluding diaryl/α,β-unsaturated/α-hetero) is 1. The van der Waals surface area contributed by atoms with E-state index in [0.29, 0.717) is 0 Å². The molecule has 3 aromatic rings. The maximum Gasteiger partial charge on any atom is 0.194 e. The lowest BCUT2D eigenvalue weighted by molar-refractivity contribution is 0.0953. The Labute approximate surface area is 147 Å². The van der Waals surface area contributed by atoms with Gasteiger partial charge in [0.1, 0.15) is 6.10 Å². The van der Waals surface area contributed by atoms with Crippen LogP contribution in [0.1, 0.15) is 38.7 Å². The summed E-state index contributed by atoms with van der Waals surface area (Å²) in [4.78, 5) is 12.8. The molecule has 122 valence electrons. The maximum absolute atomic E-state index is 12.8. The van der Waals surface area contributed by atoms with Gasteiger partial charge in [0.2, 0.25) is 0 Å².